The van der Waals surface area contributed by atoms with Crippen LogP contribution in [0, 0.1) is 0 Å². The van der Waals surface area contributed by atoms with Crippen molar-refractivity contribution in [3.63, 3.8) is 0 Å². The van der Waals surface area contributed by atoms with E-state index in [1.807, 2.05) is 0 Å². The molecule has 0 aromatic carbocycles. The number of hydroxylamine groups is 2. The fourth-order valence-corrected chi connectivity index (χ4v) is 1.74. The lowest BCUT2D eigenvalue weighted by Gasteiger charge is -2.19. The lowest BCUT2D eigenvalue weighted by molar-refractivity contribution is -0.0536. The predicted octanol–water partition coefficient (Wildman–Crippen LogP) is 1.88. The molecule has 0 saturated heterocycles. The Kier molecular flexibility index (Phi) is 10.3. The van der Waals surface area contributed by atoms with E-state index in [2.05, 4.69) is 18.9 Å². The molecule has 3 heteroatoms. The number of unbranched alkanes of at least 4 members (excludes halogenated alkanes) is 4. The summed E-state index contributed by atoms with van der Waals surface area (Å²) in [6.45, 7) is 6.73. The average molecular weight is 203 g/mol. The van der Waals surface area contributed by atoms with Crippen molar-refractivity contribution in [1.82, 2.24) is 5.06 Å². The van der Waals surface area contributed by atoms with E-state index in [0.29, 0.717) is 0 Å². The molecule has 0 aromatic rings. The maximum absolute atomic E-state index is 5.42. The van der Waals surface area contributed by atoms with Crippen LogP contribution in [0.5, 0.6) is 0 Å². The zero-order chi connectivity index (χ0) is 9.94. The SMILES string of the molecule is CCCCCN(CCCCC)O[SiH3]. The number of hydrogen-bond acceptors (Lipinski definition) is 2. The standard InChI is InChI=1S/C10H25NOSi/c1-3-5-7-9-11(12-13)10-8-6-4-2/h3-10H2,1-2,13H3. The molecule has 13 heavy (non-hydrogen) atoms. The van der Waals surface area contributed by atoms with Gasteiger partial charge in [0.25, 0.3) is 0 Å². The summed E-state index contributed by atoms with van der Waals surface area (Å²) in [6, 6.07) is 0. The van der Waals surface area contributed by atoms with Crippen molar-refractivity contribution < 1.29 is 4.53 Å². The van der Waals surface area contributed by atoms with Gasteiger partial charge in [-0.25, -0.2) is 5.06 Å². The number of hydrogen-bond donors (Lipinski definition) is 0. The van der Waals surface area contributed by atoms with E-state index in [4.69, 9.17) is 4.53 Å². The minimum atomic E-state index is 0.835. The van der Waals surface area contributed by atoms with E-state index in [9.17, 15) is 0 Å². The van der Waals surface area contributed by atoms with Gasteiger partial charge < -0.3 is 4.53 Å². The Morgan fingerprint density at radius 1 is 0.923 bits per heavy atom. The lowest BCUT2D eigenvalue weighted by atomic mass is 10.2. The minimum absolute atomic E-state index is 0.835. The predicted molar refractivity (Wildman–Crippen MR) is 61.6 cm³/mol. The summed E-state index contributed by atoms with van der Waals surface area (Å²) in [5.41, 5.74) is 0. The Labute approximate surface area is 86.1 Å². The van der Waals surface area contributed by atoms with Crippen LogP contribution in [-0.2, 0) is 4.53 Å². The van der Waals surface area contributed by atoms with Gasteiger partial charge in [-0.15, -0.1) is 0 Å². The highest BCUT2D eigenvalue weighted by atomic mass is 28.2. The summed E-state index contributed by atoms with van der Waals surface area (Å²) >= 11 is 0. The molecule has 0 heterocycles. The monoisotopic (exact) mass is 203 g/mol. The van der Waals surface area contributed by atoms with Crippen LogP contribution in [0.1, 0.15) is 52.4 Å². The van der Waals surface area contributed by atoms with E-state index in [1.54, 1.807) is 0 Å². The van der Waals surface area contributed by atoms with Gasteiger partial charge in [0.2, 0.25) is 0 Å². The van der Waals surface area contributed by atoms with Gasteiger partial charge in [-0.2, -0.15) is 0 Å². The zero-order valence-electron chi connectivity index (χ0n) is 9.51. The van der Waals surface area contributed by atoms with Crippen LogP contribution in [0.25, 0.3) is 0 Å². The van der Waals surface area contributed by atoms with Crippen LogP contribution < -0.4 is 0 Å². The molecular formula is C10H25NOSi. The van der Waals surface area contributed by atoms with Crippen molar-refractivity contribution in [3.05, 3.63) is 0 Å². The lowest BCUT2D eigenvalue weighted by Crippen LogP contribution is -2.25. The molecule has 0 spiro atoms. The van der Waals surface area contributed by atoms with Crippen molar-refractivity contribution in [3.8, 4) is 0 Å². The fourth-order valence-electron chi connectivity index (χ4n) is 1.37. The highest BCUT2D eigenvalue weighted by Crippen LogP contribution is 2.01. The average Bonchev–Trinajstić information content (AvgIpc) is 2.16. The first kappa shape index (κ1) is 13.1. The molecule has 0 unspecified atom stereocenters. The van der Waals surface area contributed by atoms with Gasteiger partial charge in [-0.1, -0.05) is 39.5 Å². The van der Waals surface area contributed by atoms with Crippen molar-refractivity contribution in [1.29, 1.82) is 0 Å². The normalized spacial score (nSPS) is 11.3. The number of rotatable bonds is 9. The highest BCUT2D eigenvalue weighted by Gasteiger charge is 2.00. The highest BCUT2D eigenvalue weighted by molar-refractivity contribution is 5.97. The summed E-state index contributed by atoms with van der Waals surface area (Å²) in [5.74, 6) is 0. The zero-order valence-corrected chi connectivity index (χ0v) is 11.5. The molecule has 0 aromatic heterocycles. The van der Waals surface area contributed by atoms with E-state index in [-0.39, 0.29) is 0 Å². The first-order valence-corrected chi connectivity index (χ1v) is 6.45. The third-order valence-electron chi connectivity index (χ3n) is 2.28. The second kappa shape index (κ2) is 10.2. The summed E-state index contributed by atoms with van der Waals surface area (Å²) in [7, 11) is 0.835. The second-order valence-corrected chi connectivity index (χ2v) is 3.89. The molecule has 0 N–H and O–H groups in total. The first-order valence-electron chi connectivity index (χ1n) is 5.64. The molecule has 0 aliphatic carbocycles. The quantitative estimate of drug-likeness (QED) is 0.322. The molecule has 0 fully saturated rings. The Balaban J connectivity index is 3.28. The molecule has 0 radical (unpaired) electrons. The minimum Gasteiger partial charge on any atom is -0.355 e. The van der Waals surface area contributed by atoms with Gasteiger partial charge in [0.1, 0.15) is 0 Å². The Bertz CT molecular complexity index is 90.9. The molecule has 0 rings (SSSR count). The Hall–Kier alpha value is 0.137. The van der Waals surface area contributed by atoms with Crippen LogP contribution in [0.3, 0.4) is 0 Å². The first-order chi connectivity index (χ1) is 6.35. The summed E-state index contributed by atoms with van der Waals surface area (Å²) in [6.07, 6.45) is 7.81. The summed E-state index contributed by atoms with van der Waals surface area (Å²) in [5, 5.41) is 2.15. The van der Waals surface area contributed by atoms with Crippen LogP contribution in [0.2, 0.25) is 0 Å². The van der Waals surface area contributed by atoms with Crippen molar-refractivity contribution in [2.45, 2.75) is 52.4 Å². The van der Waals surface area contributed by atoms with Crippen LogP contribution >= 0.6 is 0 Å². The molecule has 0 aliphatic heterocycles. The molecule has 0 atom stereocenters. The Morgan fingerprint density at radius 2 is 1.38 bits per heavy atom. The van der Waals surface area contributed by atoms with E-state index in [1.165, 1.54) is 38.5 Å². The van der Waals surface area contributed by atoms with Gasteiger partial charge in [0, 0.05) is 13.1 Å². The van der Waals surface area contributed by atoms with Gasteiger partial charge in [-0.3, -0.25) is 0 Å². The van der Waals surface area contributed by atoms with Gasteiger partial charge in [-0.05, 0) is 12.8 Å². The van der Waals surface area contributed by atoms with Gasteiger partial charge >= 0.3 is 0 Å². The molecular weight excluding hydrogens is 178 g/mol. The van der Waals surface area contributed by atoms with E-state index in [0.717, 1.165) is 23.6 Å². The molecule has 0 amide bonds. The van der Waals surface area contributed by atoms with Crippen molar-refractivity contribution in [2.24, 2.45) is 0 Å². The maximum atomic E-state index is 5.42. The molecule has 0 aliphatic rings. The van der Waals surface area contributed by atoms with Crippen LogP contribution in [0.15, 0.2) is 0 Å². The maximum Gasteiger partial charge on any atom is 0.175 e. The summed E-state index contributed by atoms with van der Waals surface area (Å²) < 4.78 is 5.42. The molecule has 0 saturated carbocycles. The molecule has 80 valence electrons. The van der Waals surface area contributed by atoms with Crippen molar-refractivity contribution >= 4 is 10.5 Å². The van der Waals surface area contributed by atoms with Crippen molar-refractivity contribution in [2.75, 3.05) is 13.1 Å². The van der Waals surface area contributed by atoms with Gasteiger partial charge in [0.05, 0.1) is 0 Å². The smallest absolute Gasteiger partial charge is 0.175 e. The topological polar surface area (TPSA) is 12.5 Å². The largest absolute Gasteiger partial charge is 0.355 e. The third-order valence-corrected chi connectivity index (χ3v) is 2.80. The third kappa shape index (κ3) is 8.47. The van der Waals surface area contributed by atoms with Crippen LogP contribution in [-0.4, -0.2) is 28.6 Å². The summed E-state index contributed by atoms with van der Waals surface area (Å²) in [4.78, 5) is 0. The fraction of sp³-hybridized carbons (Fsp3) is 1.00. The molecule has 2 nitrogen and oxygen atoms in total. The molecule has 0 bridgehead atoms. The van der Waals surface area contributed by atoms with Gasteiger partial charge in [0.15, 0.2) is 10.5 Å². The van der Waals surface area contributed by atoms with E-state index >= 15 is 0 Å². The van der Waals surface area contributed by atoms with E-state index < -0.39 is 0 Å². The number of nitrogens with zero attached hydrogens (tertiary/aromatic N) is 1. The second-order valence-electron chi connectivity index (χ2n) is 3.53. The van der Waals surface area contributed by atoms with Crippen LogP contribution in [0.4, 0.5) is 0 Å². The Morgan fingerprint density at radius 3 is 1.69 bits per heavy atom.